The summed E-state index contributed by atoms with van der Waals surface area (Å²) in [4.78, 5) is 12.7. The van der Waals surface area contributed by atoms with Crippen LogP contribution in [0.5, 0.6) is 5.75 Å². The molecule has 2 rings (SSSR count). The second kappa shape index (κ2) is 6.09. The Kier molecular flexibility index (Phi) is 4.44. The molecule has 0 spiro atoms. The van der Waals surface area contributed by atoms with Crippen molar-refractivity contribution in [3.8, 4) is 5.75 Å². The minimum atomic E-state index is -0.167. The third kappa shape index (κ3) is 2.70. The molecule has 0 saturated heterocycles. The summed E-state index contributed by atoms with van der Waals surface area (Å²) in [6.45, 7) is 2.71. The lowest BCUT2D eigenvalue weighted by Crippen LogP contribution is -2.13. The Bertz CT molecular complexity index is 637. The lowest BCUT2D eigenvalue weighted by molar-refractivity contribution is 0.102. The molecule has 6 heteroatoms. The van der Waals surface area contributed by atoms with Crippen LogP contribution in [-0.4, -0.2) is 22.7 Å². The number of carbonyl (C=O) groups excluding carboxylic acids is 1. The third-order valence-corrected chi connectivity index (χ3v) is 3.53. The summed E-state index contributed by atoms with van der Waals surface area (Å²) in [7, 11) is 1.55. The van der Waals surface area contributed by atoms with Crippen molar-refractivity contribution in [1.29, 1.82) is 0 Å². The van der Waals surface area contributed by atoms with E-state index in [1.54, 1.807) is 36.2 Å². The van der Waals surface area contributed by atoms with E-state index in [2.05, 4.69) is 21.0 Å². The molecule has 2 N–H and O–H groups in total. The zero-order valence-electron chi connectivity index (χ0n) is 11.4. The van der Waals surface area contributed by atoms with E-state index in [1.165, 1.54) is 0 Å². The molecule has 5 nitrogen and oxygen atoms in total. The van der Waals surface area contributed by atoms with Gasteiger partial charge in [-0.05, 0) is 40.5 Å². The minimum absolute atomic E-state index is 0.167. The van der Waals surface area contributed by atoms with Crippen molar-refractivity contribution >= 4 is 27.4 Å². The van der Waals surface area contributed by atoms with Crippen molar-refractivity contribution < 1.29 is 9.53 Å². The van der Waals surface area contributed by atoms with Gasteiger partial charge >= 0.3 is 0 Å². The van der Waals surface area contributed by atoms with Crippen LogP contribution in [0.2, 0.25) is 0 Å². The number of hydrogen-bond donors (Lipinski definition) is 1. The van der Waals surface area contributed by atoms with Gasteiger partial charge in [-0.3, -0.25) is 9.48 Å². The maximum absolute atomic E-state index is 12.7. The largest absolute Gasteiger partial charge is 0.497 e. The number of hydrogen-bond acceptors (Lipinski definition) is 4. The molecule has 1 heterocycles. The van der Waals surface area contributed by atoms with Crippen molar-refractivity contribution in [1.82, 2.24) is 9.78 Å². The van der Waals surface area contributed by atoms with Gasteiger partial charge in [-0.15, -0.1) is 0 Å². The molecule has 20 heavy (non-hydrogen) atoms. The second-order valence-corrected chi connectivity index (χ2v) is 5.20. The quantitative estimate of drug-likeness (QED) is 0.672. The zero-order chi connectivity index (χ0) is 14.7. The fraction of sp³-hybridized carbons (Fsp3) is 0.286. The first-order valence-electron chi connectivity index (χ1n) is 6.28. The number of carbonyl (C=O) groups is 1. The lowest BCUT2D eigenvalue weighted by atomic mass is 10.1. The van der Waals surface area contributed by atoms with Gasteiger partial charge in [0.2, 0.25) is 5.78 Å². The van der Waals surface area contributed by atoms with E-state index in [1.807, 2.05) is 6.92 Å². The number of ketones is 1. The summed E-state index contributed by atoms with van der Waals surface area (Å²) in [5.74, 6) is 0.430. The van der Waals surface area contributed by atoms with E-state index < -0.39 is 0 Å². The molecular weight excluding hydrogens is 322 g/mol. The van der Waals surface area contributed by atoms with Gasteiger partial charge in [-0.1, -0.05) is 6.92 Å². The number of nitrogens with two attached hydrogens (primary N) is 1. The maximum Gasteiger partial charge on any atom is 0.214 e. The van der Waals surface area contributed by atoms with Gasteiger partial charge in [-0.2, -0.15) is 5.10 Å². The maximum atomic E-state index is 12.7. The highest BCUT2D eigenvalue weighted by Crippen LogP contribution is 2.26. The van der Waals surface area contributed by atoms with Gasteiger partial charge in [0.25, 0.3) is 0 Å². The van der Waals surface area contributed by atoms with Crippen LogP contribution in [-0.2, 0) is 6.54 Å². The number of aromatic nitrogens is 2. The monoisotopic (exact) mass is 337 g/mol. The Morgan fingerprint density at radius 1 is 1.50 bits per heavy atom. The van der Waals surface area contributed by atoms with Crippen LogP contribution in [0.4, 0.5) is 5.69 Å². The molecule has 0 atom stereocenters. The summed E-state index contributed by atoms with van der Waals surface area (Å²) in [5, 5.41) is 4.20. The molecule has 0 amide bonds. The van der Waals surface area contributed by atoms with Crippen LogP contribution in [0, 0.1) is 0 Å². The van der Waals surface area contributed by atoms with Gasteiger partial charge in [0.1, 0.15) is 11.4 Å². The molecule has 2 aromatic rings. The van der Waals surface area contributed by atoms with Gasteiger partial charge in [0, 0.05) is 12.2 Å². The number of ether oxygens (including phenoxy) is 1. The Morgan fingerprint density at radius 2 is 2.25 bits per heavy atom. The predicted molar refractivity (Wildman–Crippen MR) is 81.1 cm³/mol. The fourth-order valence-corrected chi connectivity index (χ4v) is 2.43. The van der Waals surface area contributed by atoms with Crippen LogP contribution >= 0.6 is 15.9 Å². The zero-order valence-corrected chi connectivity index (χ0v) is 13.0. The van der Waals surface area contributed by atoms with E-state index in [0.717, 1.165) is 6.42 Å². The summed E-state index contributed by atoms with van der Waals surface area (Å²) < 4.78 is 7.49. The predicted octanol–water partition coefficient (Wildman–Crippen LogP) is 2.88. The normalized spacial score (nSPS) is 10.6. The number of anilines is 1. The Morgan fingerprint density at radius 3 is 2.90 bits per heavy atom. The van der Waals surface area contributed by atoms with Gasteiger partial charge in [0.15, 0.2) is 0 Å². The van der Waals surface area contributed by atoms with Crippen molar-refractivity contribution in [2.45, 2.75) is 19.9 Å². The Hall–Kier alpha value is -1.82. The smallest absolute Gasteiger partial charge is 0.214 e. The van der Waals surface area contributed by atoms with E-state index >= 15 is 0 Å². The molecule has 1 aromatic carbocycles. The van der Waals surface area contributed by atoms with E-state index in [4.69, 9.17) is 10.5 Å². The first kappa shape index (κ1) is 14.6. The molecule has 0 bridgehead atoms. The van der Waals surface area contributed by atoms with E-state index in [0.29, 0.717) is 33.7 Å². The summed E-state index contributed by atoms with van der Waals surface area (Å²) in [5.41, 5.74) is 7.25. The highest BCUT2D eigenvalue weighted by Gasteiger charge is 2.21. The molecule has 106 valence electrons. The number of aryl methyl sites for hydroxylation is 1. The standard InChI is InChI=1S/C14H16BrN3O2/c1-3-6-18-13(11(15)8-17-18)14(19)10-7-9(20-2)4-5-12(10)16/h4-5,7-8H,3,6,16H2,1-2H3. The average molecular weight is 338 g/mol. The highest BCUT2D eigenvalue weighted by molar-refractivity contribution is 9.10. The number of nitrogens with zero attached hydrogens (tertiary/aromatic N) is 2. The van der Waals surface area contributed by atoms with Gasteiger partial charge < -0.3 is 10.5 Å². The first-order chi connectivity index (χ1) is 9.58. The van der Waals surface area contributed by atoms with Crippen molar-refractivity contribution in [2.24, 2.45) is 0 Å². The summed E-state index contributed by atoms with van der Waals surface area (Å²) in [6.07, 6.45) is 2.52. The molecule has 0 saturated carbocycles. The molecule has 0 fully saturated rings. The fourth-order valence-electron chi connectivity index (χ4n) is 1.96. The highest BCUT2D eigenvalue weighted by atomic mass is 79.9. The number of nitrogen functional groups attached to an aromatic ring is 1. The van der Waals surface area contributed by atoms with Crippen molar-refractivity contribution in [3.05, 3.63) is 40.1 Å². The number of methoxy groups -OCH3 is 1. The van der Waals surface area contributed by atoms with Crippen LogP contribution in [0.15, 0.2) is 28.9 Å². The molecule has 0 aliphatic heterocycles. The molecule has 1 aromatic heterocycles. The minimum Gasteiger partial charge on any atom is -0.497 e. The Labute approximate surface area is 125 Å². The molecular formula is C14H16BrN3O2. The van der Waals surface area contributed by atoms with Crippen LogP contribution in [0.1, 0.15) is 29.4 Å². The molecule has 0 unspecified atom stereocenters. The summed E-state index contributed by atoms with van der Waals surface area (Å²) >= 11 is 3.37. The number of rotatable bonds is 5. The van der Waals surface area contributed by atoms with Crippen LogP contribution in [0.25, 0.3) is 0 Å². The third-order valence-electron chi connectivity index (χ3n) is 2.95. The SMILES string of the molecule is CCCn1ncc(Br)c1C(=O)c1cc(OC)ccc1N. The summed E-state index contributed by atoms with van der Waals surface area (Å²) in [6, 6.07) is 5.04. The van der Waals surface area contributed by atoms with Crippen LogP contribution in [0.3, 0.4) is 0 Å². The number of halogens is 1. The molecule has 0 aliphatic carbocycles. The van der Waals surface area contributed by atoms with E-state index in [-0.39, 0.29) is 5.78 Å². The van der Waals surface area contributed by atoms with Gasteiger partial charge in [-0.25, -0.2) is 0 Å². The topological polar surface area (TPSA) is 70.1 Å². The van der Waals surface area contributed by atoms with E-state index in [9.17, 15) is 4.79 Å². The Balaban J connectivity index is 2.48. The van der Waals surface area contributed by atoms with Gasteiger partial charge in [0.05, 0.1) is 23.3 Å². The first-order valence-corrected chi connectivity index (χ1v) is 7.07. The second-order valence-electron chi connectivity index (χ2n) is 4.35. The van der Waals surface area contributed by atoms with Crippen molar-refractivity contribution in [2.75, 3.05) is 12.8 Å². The number of benzene rings is 1. The average Bonchev–Trinajstić information content (AvgIpc) is 2.80. The molecule has 0 aliphatic rings. The molecule has 0 radical (unpaired) electrons. The van der Waals surface area contributed by atoms with Crippen LogP contribution < -0.4 is 10.5 Å². The van der Waals surface area contributed by atoms with Crippen molar-refractivity contribution in [3.63, 3.8) is 0 Å². The lowest BCUT2D eigenvalue weighted by Gasteiger charge is -2.09.